The second kappa shape index (κ2) is 7.82. The van der Waals surface area contributed by atoms with E-state index in [-0.39, 0.29) is 18.6 Å². The van der Waals surface area contributed by atoms with Gasteiger partial charge in [0.2, 0.25) is 0 Å². The van der Waals surface area contributed by atoms with E-state index in [2.05, 4.69) is 11.8 Å². The zero-order valence-electron chi connectivity index (χ0n) is 12.2. The van der Waals surface area contributed by atoms with Crippen LogP contribution < -0.4 is 5.73 Å². The Kier molecular flexibility index (Phi) is 5.79. The number of hydrogen-bond acceptors (Lipinski definition) is 3. The quantitative estimate of drug-likeness (QED) is 0.822. The number of aliphatic hydroxyl groups is 1. The maximum Gasteiger partial charge on any atom is 0.254 e. The lowest BCUT2D eigenvalue weighted by Gasteiger charge is -2.24. The Morgan fingerprint density at radius 1 is 1.38 bits per heavy atom. The predicted octanol–water partition coefficient (Wildman–Crippen LogP) is 1.37. The molecule has 1 atom stereocenters. The van der Waals surface area contributed by atoms with Crippen molar-refractivity contribution in [1.29, 1.82) is 0 Å². The average molecular weight is 286 g/mol. The van der Waals surface area contributed by atoms with Crippen LogP contribution in [-0.2, 0) is 0 Å². The highest BCUT2D eigenvalue weighted by molar-refractivity contribution is 5.94. The molecule has 1 aromatic rings. The molecule has 1 unspecified atom stereocenters. The minimum absolute atomic E-state index is 0.0776. The molecule has 1 saturated heterocycles. The van der Waals surface area contributed by atoms with Gasteiger partial charge >= 0.3 is 0 Å². The number of amides is 1. The molecule has 0 bridgehead atoms. The largest absolute Gasteiger partial charge is 0.396 e. The molecule has 1 aliphatic rings. The monoisotopic (exact) mass is 286 g/mol. The second-order valence-electron chi connectivity index (χ2n) is 5.24. The fraction of sp³-hybridized carbons (Fsp3) is 0.471. The van der Waals surface area contributed by atoms with Crippen LogP contribution in [0.2, 0.25) is 0 Å². The van der Waals surface area contributed by atoms with E-state index in [1.165, 1.54) is 0 Å². The zero-order chi connectivity index (χ0) is 15.1. The van der Waals surface area contributed by atoms with Gasteiger partial charge in [-0.05, 0) is 49.9 Å². The van der Waals surface area contributed by atoms with Gasteiger partial charge in [0, 0.05) is 30.3 Å². The van der Waals surface area contributed by atoms with Gasteiger partial charge in [-0.1, -0.05) is 11.8 Å². The highest BCUT2D eigenvalue weighted by Crippen LogP contribution is 2.23. The molecule has 1 amide bonds. The number of rotatable bonds is 4. The lowest BCUT2D eigenvalue weighted by Crippen LogP contribution is -2.35. The highest BCUT2D eigenvalue weighted by atomic mass is 16.3. The normalized spacial score (nSPS) is 17.4. The van der Waals surface area contributed by atoms with Crippen LogP contribution in [0.15, 0.2) is 24.3 Å². The predicted molar refractivity (Wildman–Crippen MR) is 82.8 cm³/mol. The standard InChI is InChI=1S/C17H22N2O2/c18-11-1-4-14-7-9-15(10-8-14)17(21)19-12-2-5-16(19)6-3-13-20/h7-10,16,20H,2-3,5-6,11-13,18H2. The molecule has 2 rings (SSSR count). The number of nitrogens with zero attached hydrogens (tertiary/aromatic N) is 1. The van der Waals surface area contributed by atoms with Crippen molar-refractivity contribution in [2.24, 2.45) is 5.73 Å². The summed E-state index contributed by atoms with van der Waals surface area (Å²) in [5, 5.41) is 8.94. The topological polar surface area (TPSA) is 66.6 Å². The number of carbonyl (C=O) groups excluding carboxylic acids is 1. The van der Waals surface area contributed by atoms with Crippen LogP contribution in [-0.4, -0.2) is 41.7 Å². The van der Waals surface area contributed by atoms with Crippen molar-refractivity contribution in [3.8, 4) is 11.8 Å². The van der Waals surface area contributed by atoms with Crippen LogP contribution in [0, 0.1) is 11.8 Å². The first-order valence-electron chi connectivity index (χ1n) is 7.47. The molecule has 0 saturated carbocycles. The summed E-state index contributed by atoms with van der Waals surface area (Å²) in [6, 6.07) is 7.62. The van der Waals surface area contributed by atoms with Crippen molar-refractivity contribution >= 4 is 5.91 Å². The molecule has 1 fully saturated rings. The molecule has 4 nitrogen and oxygen atoms in total. The van der Waals surface area contributed by atoms with Gasteiger partial charge in [-0.3, -0.25) is 4.79 Å². The summed E-state index contributed by atoms with van der Waals surface area (Å²) in [6.07, 6.45) is 3.71. The molecule has 3 N–H and O–H groups in total. The van der Waals surface area contributed by atoms with Crippen molar-refractivity contribution < 1.29 is 9.90 Å². The Balaban J connectivity index is 2.05. The molecule has 21 heavy (non-hydrogen) atoms. The SMILES string of the molecule is NCC#Cc1ccc(C(=O)N2CCCC2CCCO)cc1. The fourth-order valence-electron chi connectivity index (χ4n) is 2.75. The Bertz CT molecular complexity index is 528. The zero-order valence-corrected chi connectivity index (χ0v) is 12.2. The molecule has 112 valence electrons. The number of benzene rings is 1. The van der Waals surface area contributed by atoms with Gasteiger partial charge in [-0.15, -0.1) is 0 Å². The smallest absolute Gasteiger partial charge is 0.254 e. The van der Waals surface area contributed by atoms with Gasteiger partial charge < -0.3 is 15.7 Å². The molecular formula is C17H22N2O2. The maximum atomic E-state index is 12.6. The van der Waals surface area contributed by atoms with Crippen LogP contribution in [0.5, 0.6) is 0 Å². The highest BCUT2D eigenvalue weighted by Gasteiger charge is 2.28. The Hall–Kier alpha value is -1.83. The average Bonchev–Trinajstić information content (AvgIpc) is 2.99. The number of hydrogen-bond donors (Lipinski definition) is 2. The third-order valence-electron chi connectivity index (χ3n) is 3.80. The third-order valence-corrected chi connectivity index (χ3v) is 3.80. The maximum absolute atomic E-state index is 12.6. The van der Waals surface area contributed by atoms with E-state index in [4.69, 9.17) is 10.8 Å². The van der Waals surface area contributed by atoms with Gasteiger partial charge in [0.25, 0.3) is 5.91 Å². The van der Waals surface area contributed by atoms with E-state index in [1.54, 1.807) is 0 Å². The van der Waals surface area contributed by atoms with E-state index in [9.17, 15) is 4.79 Å². The summed E-state index contributed by atoms with van der Waals surface area (Å²) in [6.45, 7) is 1.33. The molecular weight excluding hydrogens is 264 g/mol. The minimum atomic E-state index is 0.0776. The summed E-state index contributed by atoms with van der Waals surface area (Å²) < 4.78 is 0. The van der Waals surface area contributed by atoms with E-state index >= 15 is 0 Å². The molecule has 1 aliphatic heterocycles. The first-order valence-corrected chi connectivity index (χ1v) is 7.47. The van der Waals surface area contributed by atoms with E-state index in [1.807, 2.05) is 29.2 Å². The molecule has 0 spiro atoms. The molecule has 0 aliphatic carbocycles. The summed E-state index contributed by atoms with van der Waals surface area (Å²) in [4.78, 5) is 14.5. The number of aliphatic hydroxyl groups excluding tert-OH is 1. The van der Waals surface area contributed by atoms with E-state index in [0.717, 1.165) is 37.8 Å². The first-order chi connectivity index (χ1) is 10.3. The summed E-state index contributed by atoms with van der Waals surface area (Å²) in [5.74, 6) is 5.82. The number of carbonyl (C=O) groups is 1. The number of likely N-dealkylation sites (tertiary alicyclic amines) is 1. The van der Waals surface area contributed by atoms with Gasteiger partial charge in [-0.25, -0.2) is 0 Å². The summed E-state index contributed by atoms with van der Waals surface area (Å²) >= 11 is 0. The Morgan fingerprint density at radius 3 is 2.81 bits per heavy atom. The van der Waals surface area contributed by atoms with Crippen LogP contribution in [0.3, 0.4) is 0 Å². The van der Waals surface area contributed by atoms with Crippen molar-refractivity contribution in [3.63, 3.8) is 0 Å². The van der Waals surface area contributed by atoms with Gasteiger partial charge in [-0.2, -0.15) is 0 Å². The molecule has 1 aromatic carbocycles. The minimum Gasteiger partial charge on any atom is -0.396 e. The lowest BCUT2D eigenvalue weighted by molar-refractivity contribution is 0.0724. The fourth-order valence-corrected chi connectivity index (χ4v) is 2.75. The Morgan fingerprint density at radius 2 is 2.14 bits per heavy atom. The van der Waals surface area contributed by atoms with Gasteiger partial charge in [0.1, 0.15) is 0 Å². The molecule has 0 radical (unpaired) electrons. The van der Waals surface area contributed by atoms with Gasteiger partial charge in [0.15, 0.2) is 0 Å². The molecule has 1 heterocycles. The number of nitrogens with two attached hydrogens (primary N) is 1. The van der Waals surface area contributed by atoms with Crippen LogP contribution >= 0.6 is 0 Å². The van der Waals surface area contributed by atoms with E-state index in [0.29, 0.717) is 12.1 Å². The van der Waals surface area contributed by atoms with Crippen LogP contribution in [0.4, 0.5) is 0 Å². The van der Waals surface area contributed by atoms with Crippen molar-refractivity contribution in [2.45, 2.75) is 31.7 Å². The van der Waals surface area contributed by atoms with Gasteiger partial charge in [0.05, 0.1) is 6.54 Å². The summed E-state index contributed by atoms with van der Waals surface area (Å²) in [7, 11) is 0. The lowest BCUT2D eigenvalue weighted by atomic mass is 10.1. The first kappa shape index (κ1) is 15.6. The van der Waals surface area contributed by atoms with Crippen molar-refractivity contribution in [2.75, 3.05) is 19.7 Å². The molecule has 0 aromatic heterocycles. The third kappa shape index (κ3) is 4.07. The van der Waals surface area contributed by atoms with E-state index < -0.39 is 0 Å². The molecule has 4 heteroatoms. The van der Waals surface area contributed by atoms with Crippen molar-refractivity contribution in [3.05, 3.63) is 35.4 Å². The Labute approximate surface area is 125 Å². The van der Waals surface area contributed by atoms with Crippen LogP contribution in [0.25, 0.3) is 0 Å². The second-order valence-corrected chi connectivity index (χ2v) is 5.24. The van der Waals surface area contributed by atoms with Crippen LogP contribution in [0.1, 0.15) is 41.6 Å². The van der Waals surface area contributed by atoms with Crippen molar-refractivity contribution in [1.82, 2.24) is 4.90 Å². The summed E-state index contributed by atoms with van der Waals surface area (Å²) in [5.41, 5.74) is 6.91.